The van der Waals surface area contributed by atoms with Gasteiger partial charge in [-0.2, -0.15) is 0 Å². The highest BCUT2D eigenvalue weighted by Crippen LogP contribution is 2.47. The molecule has 1 aliphatic heterocycles. The molecule has 0 aromatic rings. The molecular weight excluding hydrogens is 306 g/mol. The third kappa shape index (κ3) is 2.43. The molecule has 8 nitrogen and oxygen atoms in total. The van der Waals surface area contributed by atoms with E-state index in [-0.39, 0.29) is 11.5 Å². The van der Waals surface area contributed by atoms with Crippen molar-refractivity contribution in [3.05, 3.63) is 10.4 Å². The second kappa shape index (κ2) is 5.21. The number of fused-ring (bicyclic) bond motifs is 2. The van der Waals surface area contributed by atoms with E-state index in [4.69, 9.17) is 14.7 Å². The highest BCUT2D eigenvalue weighted by atomic mass is 28.4. The van der Waals surface area contributed by atoms with Crippen molar-refractivity contribution in [1.82, 2.24) is 0 Å². The highest BCUT2D eigenvalue weighted by molar-refractivity contribution is 6.74. The Labute approximate surface area is 130 Å². The molecule has 1 saturated heterocycles. The predicted octanol–water partition coefficient (Wildman–Crippen LogP) is 1.48. The monoisotopic (exact) mass is 329 g/mol. The van der Waals surface area contributed by atoms with Gasteiger partial charge in [-0.1, -0.05) is 25.9 Å². The Morgan fingerprint density at radius 1 is 1.45 bits per heavy atom. The molecule has 1 heterocycles. The summed E-state index contributed by atoms with van der Waals surface area (Å²) < 4.78 is 11.4. The van der Waals surface area contributed by atoms with Gasteiger partial charge in [0.05, 0.1) is 6.04 Å². The van der Waals surface area contributed by atoms with Crippen molar-refractivity contribution in [2.45, 2.75) is 75.3 Å². The van der Waals surface area contributed by atoms with Crippen LogP contribution in [0.25, 0.3) is 10.4 Å². The number of ether oxygens (including phenoxy) is 1. The zero-order chi connectivity index (χ0) is 16.9. The number of nitrogens with zero attached hydrogens (tertiary/aromatic N) is 3. The van der Waals surface area contributed by atoms with Crippen LogP contribution in [0.15, 0.2) is 5.11 Å². The molecule has 0 aromatic carbocycles. The van der Waals surface area contributed by atoms with Crippen LogP contribution in [0.2, 0.25) is 18.1 Å². The maximum atomic E-state index is 12.4. The molecule has 1 aliphatic carbocycles. The summed E-state index contributed by atoms with van der Waals surface area (Å²) in [6, 6.07) is -1.17. The van der Waals surface area contributed by atoms with Crippen LogP contribution < -0.4 is 0 Å². The van der Waals surface area contributed by atoms with E-state index in [1.807, 2.05) is 33.9 Å². The molecule has 124 valence electrons. The third-order valence-corrected chi connectivity index (χ3v) is 9.56. The van der Waals surface area contributed by atoms with Crippen molar-refractivity contribution in [2.24, 2.45) is 5.11 Å². The number of hydrogen-bond donors (Lipinski definition) is 2. The van der Waals surface area contributed by atoms with Crippen molar-refractivity contribution in [1.29, 1.82) is 0 Å². The summed E-state index contributed by atoms with van der Waals surface area (Å²) in [6.45, 7) is 9.97. The maximum absolute atomic E-state index is 12.4. The first kappa shape index (κ1) is 17.2. The molecular formula is C13H23N3O5Si. The van der Waals surface area contributed by atoms with Crippen LogP contribution in [0, 0.1) is 0 Å². The molecule has 2 rings (SSSR count). The van der Waals surface area contributed by atoms with Crippen LogP contribution in [0.4, 0.5) is 0 Å². The van der Waals surface area contributed by atoms with Crippen LogP contribution in [0.1, 0.15) is 27.2 Å². The van der Waals surface area contributed by atoms with E-state index in [1.54, 1.807) is 0 Å². The van der Waals surface area contributed by atoms with Gasteiger partial charge in [-0.3, -0.25) is 0 Å². The van der Waals surface area contributed by atoms with E-state index < -0.39 is 44.2 Å². The number of azide groups is 1. The molecule has 2 N–H and O–H groups in total. The van der Waals surface area contributed by atoms with Crippen molar-refractivity contribution in [3.8, 4) is 0 Å². The lowest BCUT2D eigenvalue weighted by atomic mass is 9.78. The summed E-state index contributed by atoms with van der Waals surface area (Å²) in [5.74, 6) is -0.690. The van der Waals surface area contributed by atoms with Gasteiger partial charge in [-0.05, 0) is 23.7 Å². The molecule has 0 unspecified atom stereocenters. The first-order chi connectivity index (χ1) is 9.96. The average molecular weight is 329 g/mol. The Morgan fingerprint density at radius 3 is 2.55 bits per heavy atom. The van der Waals surface area contributed by atoms with E-state index in [0.717, 1.165) is 0 Å². The minimum Gasteiger partial charge on any atom is -0.457 e. The van der Waals surface area contributed by atoms with Crippen molar-refractivity contribution in [3.63, 3.8) is 0 Å². The first-order valence-electron chi connectivity index (χ1n) is 7.28. The smallest absolute Gasteiger partial charge is 0.340 e. The molecule has 5 atom stereocenters. The minimum atomic E-state index is -2.39. The number of esters is 1. The van der Waals surface area contributed by atoms with Gasteiger partial charge in [-0.15, -0.1) is 0 Å². The van der Waals surface area contributed by atoms with Gasteiger partial charge in [0.25, 0.3) is 0 Å². The van der Waals surface area contributed by atoms with Gasteiger partial charge >= 0.3 is 5.97 Å². The van der Waals surface area contributed by atoms with E-state index in [1.165, 1.54) is 0 Å². The molecule has 1 saturated carbocycles. The lowest BCUT2D eigenvalue weighted by Gasteiger charge is -2.46. The fourth-order valence-corrected chi connectivity index (χ4v) is 4.22. The van der Waals surface area contributed by atoms with Crippen LogP contribution in [0.5, 0.6) is 0 Å². The van der Waals surface area contributed by atoms with E-state index in [2.05, 4.69) is 10.0 Å². The van der Waals surface area contributed by atoms with E-state index in [0.29, 0.717) is 0 Å². The number of hydrogen-bond acceptors (Lipinski definition) is 6. The lowest BCUT2D eigenvalue weighted by molar-refractivity contribution is -0.160. The summed E-state index contributed by atoms with van der Waals surface area (Å²) in [5, 5.41) is 23.9. The van der Waals surface area contributed by atoms with Gasteiger partial charge in [0, 0.05) is 11.3 Å². The van der Waals surface area contributed by atoms with Crippen molar-refractivity contribution in [2.75, 3.05) is 0 Å². The molecule has 9 heteroatoms. The topological polar surface area (TPSA) is 125 Å². The van der Waals surface area contributed by atoms with Gasteiger partial charge in [0.2, 0.25) is 0 Å². The summed E-state index contributed by atoms with van der Waals surface area (Å²) in [6.07, 6.45) is -3.42. The van der Waals surface area contributed by atoms with Crippen molar-refractivity contribution >= 4 is 14.3 Å². The standard InChI is InChI=1S/C13H23N3O5Si/c1-12(2,3)22(4,5)21-13-6-7(20-11(13)19)9(17)8(10(13)18)15-16-14/h7-10,17-18H,6H2,1-5H3/t7-,8+,9+,10-,13-/m1/s1. The molecule has 0 aromatic heterocycles. The molecule has 2 bridgehead atoms. The SMILES string of the molecule is CC(C)(C)[Si](C)(C)O[C@@]12C[C@@H](OC1=O)[C@H](O)[C@H](N=[N+]=[N-])[C@H]2O. The van der Waals surface area contributed by atoms with Crippen LogP contribution in [0.3, 0.4) is 0 Å². The van der Waals surface area contributed by atoms with Gasteiger partial charge < -0.3 is 19.4 Å². The Balaban J connectivity index is 2.43. The normalized spacial score (nSPS) is 38.4. The van der Waals surface area contributed by atoms with Gasteiger partial charge in [0.15, 0.2) is 13.9 Å². The van der Waals surface area contributed by atoms with E-state index in [9.17, 15) is 15.0 Å². The van der Waals surface area contributed by atoms with Crippen molar-refractivity contribution < 1.29 is 24.2 Å². The Hall–Kier alpha value is -1.12. The maximum Gasteiger partial charge on any atom is 0.340 e. The Morgan fingerprint density at radius 2 is 2.05 bits per heavy atom. The lowest BCUT2D eigenvalue weighted by Crippen LogP contribution is -2.64. The molecule has 0 spiro atoms. The number of aliphatic hydroxyl groups excluding tert-OH is 2. The second-order valence-corrected chi connectivity index (χ2v) is 12.3. The summed E-state index contributed by atoms with van der Waals surface area (Å²) >= 11 is 0. The molecule has 22 heavy (non-hydrogen) atoms. The minimum absolute atomic E-state index is 0.0676. The van der Waals surface area contributed by atoms with E-state index >= 15 is 0 Å². The average Bonchev–Trinajstić information content (AvgIpc) is 2.67. The number of carbonyl (C=O) groups excluding carboxylic acids is 1. The highest BCUT2D eigenvalue weighted by Gasteiger charge is 2.66. The fraction of sp³-hybridized carbons (Fsp3) is 0.923. The fourth-order valence-electron chi connectivity index (χ4n) is 2.72. The van der Waals surface area contributed by atoms with Crippen LogP contribution in [-0.2, 0) is 14.0 Å². The molecule has 0 radical (unpaired) electrons. The van der Waals surface area contributed by atoms with Crippen LogP contribution >= 0.6 is 0 Å². The molecule has 2 fully saturated rings. The predicted molar refractivity (Wildman–Crippen MR) is 80.5 cm³/mol. The molecule has 0 amide bonds. The Kier molecular flexibility index (Phi) is 4.08. The summed E-state index contributed by atoms with van der Waals surface area (Å²) in [5.41, 5.74) is 7.07. The van der Waals surface area contributed by atoms with Crippen LogP contribution in [-0.4, -0.2) is 54.5 Å². The molecule has 2 aliphatic rings. The first-order valence-corrected chi connectivity index (χ1v) is 10.2. The quantitative estimate of drug-likeness (QED) is 0.267. The number of rotatable bonds is 3. The number of aliphatic hydroxyl groups is 2. The second-order valence-electron chi connectivity index (χ2n) is 7.53. The zero-order valence-electron chi connectivity index (χ0n) is 13.5. The number of carbonyl (C=O) groups is 1. The summed E-state index contributed by atoms with van der Waals surface area (Å²) in [4.78, 5) is 15.0. The van der Waals surface area contributed by atoms with Gasteiger partial charge in [0.1, 0.15) is 18.3 Å². The largest absolute Gasteiger partial charge is 0.457 e. The van der Waals surface area contributed by atoms with Gasteiger partial charge in [-0.25, -0.2) is 4.79 Å². The summed E-state index contributed by atoms with van der Waals surface area (Å²) in [7, 11) is -2.39. The zero-order valence-corrected chi connectivity index (χ0v) is 14.5. The Bertz CT molecular complexity index is 528. The third-order valence-electron chi connectivity index (χ3n) is 5.07.